The van der Waals surface area contributed by atoms with Gasteiger partial charge >= 0.3 is 0 Å². The van der Waals surface area contributed by atoms with Crippen molar-refractivity contribution in [2.75, 3.05) is 32.8 Å². The van der Waals surface area contributed by atoms with Crippen molar-refractivity contribution < 1.29 is 9.53 Å². The van der Waals surface area contributed by atoms with Crippen molar-refractivity contribution in [3.8, 4) is 5.75 Å². The standard InChI is InChI=1S/C19H30N2O2/c1-4-11-23-18-6-5-17(16(3)14-18)12-15(2)13-19(22)21-9-7-20-8-10-21/h5-6,14-15,20H,4,7-13H2,1-3H3. The van der Waals surface area contributed by atoms with Gasteiger partial charge < -0.3 is 15.0 Å². The summed E-state index contributed by atoms with van der Waals surface area (Å²) in [5, 5.41) is 3.28. The van der Waals surface area contributed by atoms with Gasteiger partial charge in [-0.2, -0.15) is 0 Å². The highest BCUT2D eigenvalue weighted by molar-refractivity contribution is 5.76. The highest BCUT2D eigenvalue weighted by Gasteiger charge is 2.19. The fourth-order valence-corrected chi connectivity index (χ4v) is 3.00. The molecule has 0 bridgehead atoms. The third kappa shape index (κ3) is 5.54. The zero-order chi connectivity index (χ0) is 16.7. The number of carbonyl (C=O) groups is 1. The average Bonchev–Trinajstić information content (AvgIpc) is 2.56. The first-order chi connectivity index (χ1) is 11.1. The number of nitrogens with one attached hydrogen (secondary N) is 1. The number of carbonyl (C=O) groups excluding carboxylic acids is 1. The highest BCUT2D eigenvalue weighted by atomic mass is 16.5. The van der Waals surface area contributed by atoms with Gasteiger partial charge in [0.15, 0.2) is 0 Å². The molecule has 0 aliphatic carbocycles. The van der Waals surface area contributed by atoms with Crippen LogP contribution in [0.3, 0.4) is 0 Å². The number of hydrogen-bond acceptors (Lipinski definition) is 3. The number of nitrogens with zero attached hydrogens (tertiary/aromatic N) is 1. The van der Waals surface area contributed by atoms with E-state index in [1.165, 1.54) is 11.1 Å². The van der Waals surface area contributed by atoms with Crippen LogP contribution >= 0.6 is 0 Å². The van der Waals surface area contributed by atoms with E-state index in [0.29, 0.717) is 18.2 Å². The van der Waals surface area contributed by atoms with Crippen molar-refractivity contribution in [1.29, 1.82) is 0 Å². The molecule has 0 spiro atoms. The molecule has 1 aromatic rings. The Morgan fingerprint density at radius 3 is 2.74 bits per heavy atom. The lowest BCUT2D eigenvalue weighted by Crippen LogP contribution is -2.46. The molecule has 0 saturated carbocycles. The Labute approximate surface area is 140 Å². The minimum Gasteiger partial charge on any atom is -0.494 e. The second-order valence-electron chi connectivity index (χ2n) is 6.58. The van der Waals surface area contributed by atoms with Crippen LogP contribution in [0.5, 0.6) is 5.75 Å². The number of amides is 1. The number of hydrogen-bond donors (Lipinski definition) is 1. The van der Waals surface area contributed by atoms with Crippen LogP contribution in [-0.2, 0) is 11.2 Å². The van der Waals surface area contributed by atoms with Crippen LogP contribution in [0.15, 0.2) is 18.2 Å². The molecular weight excluding hydrogens is 288 g/mol. The average molecular weight is 318 g/mol. The predicted molar refractivity (Wildman–Crippen MR) is 93.9 cm³/mol. The summed E-state index contributed by atoms with van der Waals surface area (Å²) in [5.74, 6) is 1.59. The quantitative estimate of drug-likeness (QED) is 0.840. The normalized spacial score (nSPS) is 16.2. The Balaban J connectivity index is 1.86. The van der Waals surface area contributed by atoms with E-state index >= 15 is 0 Å². The van der Waals surface area contributed by atoms with Crippen LogP contribution in [-0.4, -0.2) is 43.6 Å². The van der Waals surface area contributed by atoms with Crippen LogP contribution < -0.4 is 10.1 Å². The van der Waals surface area contributed by atoms with Gasteiger partial charge in [-0.3, -0.25) is 4.79 Å². The first kappa shape index (κ1) is 17.8. The lowest BCUT2D eigenvalue weighted by atomic mass is 9.94. The molecular formula is C19H30N2O2. The van der Waals surface area contributed by atoms with E-state index in [0.717, 1.165) is 51.4 Å². The molecule has 1 fully saturated rings. The fourth-order valence-electron chi connectivity index (χ4n) is 3.00. The fraction of sp³-hybridized carbons (Fsp3) is 0.632. The number of piperazine rings is 1. The molecule has 4 nitrogen and oxygen atoms in total. The van der Waals surface area contributed by atoms with E-state index in [-0.39, 0.29) is 0 Å². The first-order valence-corrected chi connectivity index (χ1v) is 8.81. The number of rotatable bonds is 7. The summed E-state index contributed by atoms with van der Waals surface area (Å²) in [6, 6.07) is 6.30. The number of benzene rings is 1. The Hall–Kier alpha value is -1.55. The lowest BCUT2D eigenvalue weighted by molar-refractivity contribution is -0.132. The lowest BCUT2D eigenvalue weighted by Gasteiger charge is -2.28. The maximum absolute atomic E-state index is 12.3. The van der Waals surface area contributed by atoms with E-state index in [1.807, 2.05) is 11.0 Å². The zero-order valence-corrected chi connectivity index (χ0v) is 14.7. The van der Waals surface area contributed by atoms with Crippen molar-refractivity contribution in [2.45, 2.75) is 40.0 Å². The molecule has 0 radical (unpaired) electrons. The summed E-state index contributed by atoms with van der Waals surface area (Å²) in [6.07, 6.45) is 2.59. The molecule has 1 N–H and O–H groups in total. The molecule has 23 heavy (non-hydrogen) atoms. The van der Waals surface area contributed by atoms with Gasteiger partial charge in [-0.05, 0) is 48.9 Å². The molecule has 1 heterocycles. The SMILES string of the molecule is CCCOc1ccc(CC(C)CC(=O)N2CCNCC2)c(C)c1. The molecule has 1 aromatic carbocycles. The predicted octanol–water partition coefficient (Wildman–Crippen LogP) is 2.78. The summed E-state index contributed by atoms with van der Waals surface area (Å²) < 4.78 is 5.67. The molecule has 0 aromatic heterocycles. The Bertz CT molecular complexity index is 510. The van der Waals surface area contributed by atoms with Gasteiger partial charge in [0.25, 0.3) is 0 Å². The van der Waals surface area contributed by atoms with Gasteiger partial charge in [0.05, 0.1) is 6.61 Å². The van der Waals surface area contributed by atoms with Crippen LogP contribution in [0, 0.1) is 12.8 Å². The summed E-state index contributed by atoms with van der Waals surface area (Å²) in [7, 11) is 0. The molecule has 1 saturated heterocycles. The molecule has 1 aliphatic heterocycles. The molecule has 1 amide bonds. The molecule has 1 atom stereocenters. The van der Waals surface area contributed by atoms with E-state index < -0.39 is 0 Å². The summed E-state index contributed by atoms with van der Waals surface area (Å²) >= 11 is 0. The first-order valence-electron chi connectivity index (χ1n) is 8.81. The van der Waals surface area contributed by atoms with Crippen LogP contribution in [0.4, 0.5) is 0 Å². The van der Waals surface area contributed by atoms with Crippen molar-refractivity contribution in [3.63, 3.8) is 0 Å². The maximum Gasteiger partial charge on any atom is 0.222 e. The Kier molecular flexibility index (Phi) is 6.90. The van der Waals surface area contributed by atoms with E-state index in [9.17, 15) is 4.79 Å². The second kappa shape index (κ2) is 8.92. The highest BCUT2D eigenvalue weighted by Crippen LogP contribution is 2.21. The third-order valence-corrected chi connectivity index (χ3v) is 4.35. The van der Waals surface area contributed by atoms with Crippen LogP contribution in [0.25, 0.3) is 0 Å². The van der Waals surface area contributed by atoms with Gasteiger partial charge in [0.1, 0.15) is 5.75 Å². The largest absolute Gasteiger partial charge is 0.494 e. The molecule has 1 aliphatic rings. The number of aryl methyl sites for hydroxylation is 1. The van der Waals surface area contributed by atoms with E-state index in [4.69, 9.17) is 4.74 Å². The van der Waals surface area contributed by atoms with E-state index in [1.54, 1.807) is 0 Å². The van der Waals surface area contributed by atoms with Crippen molar-refractivity contribution in [2.24, 2.45) is 5.92 Å². The van der Waals surface area contributed by atoms with E-state index in [2.05, 4.69) is 38.2 Å². The van der Waals surface area contributed by atoms with Gasteiger partial charge in [-0.25, -0.2) is 0 Å². The van der Waals surface area contributed by atoms with Gasteiger partial charge in [0, 0.05) is 32.6 Å². The van der Waals surface area contributed by atoms with Gasteiger partial charge in [-0.1, -0.05) is 19.9 Å². The Morgan fingerprint density at radius 2 is 2.09 bits per heavy atom. The minimum atomic E-state index is 0.291. The summed E-state index contributed by atoms with van der Waals surface area (Å²) in [5.41, 5.74) is 2.56. The second-order valence-corrected chi connectivity index (χ2v) is 6.58. The summed E-state index contributed by atoms with van der Waals surface area (Å²) in [4.78, 5) is 14.3. The molecule has 128 valence electrons. The van der Waals surface area contributed by atoms with Gasteiger partial charge in [0.2, 0.25) is 5.91 Å². The smallest absolute Gasteiger partial charge is 0.222 e. The van der Waals surface area contributed by atoms with Gasteiger partial charge in [-0.15, -0.1) is 0 Å². The zero-order valence-electron chi connectivity index (χ0n) is 14.7. The van der Waals surface area contributed by atoms with Crippen LogP contribution in [0.1, 0.15) is 37.8 Å². The number of ether oxygens (including phenoxy) is 1. The van der Waals surface area contributed by atoms with Crippen molar-refractivity contribution in [3.05, 3.63) is 29.3 Å². The Morgan fingerprint density at radius 1 is 1.35 bits per heavy atom. The summed E-state index contributed by atoms with van der Waals surface area (Å²) in [6.45, 7) is 10.7. The molecule has 4 heteroatoms. The van der Waals surface area contributed by atoms with Crippen LogP contribution in [0.2, 0.25) is 0 Å². The maximum atomic E-state index is 12.3. The monoisotopic (exact) mass is 318 g/mol. The van der Waals surface area contributed by atoms with Crippen molar-refractivity contribution >= 4 is 5.91 Å². The third-order valence-electron chi connectivity index (χ3n) is 4.35. The minimum absolute atomic E-state index is 0.291. The molecule has 1 unspecified atom stereocenters. The molecule has 2 rings (SSSR count). The van der Waals surface area contributed by atoms with Crippen molar-refractivity contribution in [1.82, 2.24) is 10.2 Å². The topological polar surface area (TPSA) is 41.6 Å².